The number of carboxylic acids is 1. The van der Waals surface area contributed by atoms with E-state index in [-0.39, 0.29) is 43.9 Å². The number of alkyl carbamates (subject to hydrolysis) is 1. The summed E-state index contributed by atoms with van der Waals surface area (Å²) in [5.74, 6) is 2.62. The molecule has 0 spiro atoms. The molecule has 0 aromatic heterocycles. The number of amides is 2. The number of ether oxygens (including phenoxy) is 1. The quantitative estimate of drug-likeness (QED) is 0.598. The molecule has 2 aromatic carbocycles. The largest absolute Gasteiger partial charge is 0.472 e. The van der Waals surface area contributed by atoms with E-state index in [1.54, 1.807) is 0 Å². The van der Waals surface area contributed by atoms with Gasteiger partial charge in [0.15, 0.2) is 0 Å². The van der Waals surface area contributed by atoms with Crippen molar-refractivity contribution in [2.75, 3.05) is 19.7 Å². The molecular weight excluding hydrogens is 396 g/mol. The zero-order chi connectivity index (χ0) is 22.2. The summed E-state index contributed by atoms with van der Waals surface area (Å²) in [6.45, 7) is 2.31. The van der Waals surface area contributed by atoms with Crippen LogP contribution in [0.15, 0.2) is 48.5 Å². The molecule has 1 atom stereocenters. The van der Waals surface area contributed by atoms with Gasteiger partial charge in [0.25, 0.3) is 0 Å². The van der Waals surface area contributed by atoms with E-state index in [0.717, 1.165) is 11.1 Å². The van der Waals surface area contributed by atoms with Gasteiger partial charge < -0.3 is 20.5 Å². The Kier molecular flexibility index (Phi) is 7.28. The predicted molar refractivity (Wildman–Crippen MR) is 115 cm³/mol. The van der Waals surface area contributed by atoms with Gasteiger partial charge in [-0.2, -0.15) is 0 Å². The number of aliphatic carboxylic acids is 1. The molecule has 3 N–H and O–H groups in total. The van der Waals surface area contributed by atoms with Crippen molar-refractivity contribution in [2.24, 2.45) is 5.92 Å². The number of hydrogen-bond acceptors (Lipinski definition) is 4. The third-order valence-corrected chi connectivity index (χ3v) is 5.04. The second kappa shape index (κ2) is 10.3. The Morgan fingerprint density at radius 3 is 2.26 bits per heavy atom. The Hall–Kier alpha value is -3.79. The minimum atomic E-state index is -1.24. The highest BCUT2D eigenvalue weighted by Crippen LogP contribution is 2.44. The molecule has 0 aliphatic heterocycles. The van der Waals surface area contributed by atoms with E-state index in [0.29, 0.717) is 0 Å². The Bertz CT molecular complexity index is 992. The summed E-state index contributed by atoms with van der Waals surface area (Å²) < 4.78 is 5.47. The third kappa shape index (κ3) is 5.86. The number of carboxylic acid groups (broad SMARTS) is 1. The van der Waals surface area contributed by atoms with E-state index < -0.39 is 12.1 Å². The minimum Gasteiger partial charge on any atom is -0.472 e. The summed E-state index contributed by atoms with van der Waals surface area (Å²) in [4.78, 5) is 34.3. The molecule has 0 saturated carbocycles. The molecule has 2 aromatic rings. The van der Waals surface area contributed by atoms with Gasteiger partial charge in [0.05, 0.1) is 6.54 Å². The smallest absolute Gasteiger partial charge is 0.407 e. The fourth-order valence-corrected chi connectivity index (χ4v) is 3.63. The van der Waals surface area contributed by atoms with Gasteiger partial charge in [-0.3, -0.25) is 4.79 Å². The van der Waals surface area contributed by atoms with Crippen LogP contribution in [-0.4, -0.2) is 42.8 Å². The number of rotatable bonds is 7. The Morgan fingerprint density at radius 2 is 1.65 bits per heavy atom. The van der Waals surface area contributed by atoms with E-state index in [4.69, 9.17) is 9.84 Å². The molecule has 0 radical (unpaired) electrons. The molecule has 0 bridgehead atoms. The summed E-state index contributed by atoms with van der Waals surface area (Å²) in [6.07, 6.45) is -0.347. The van der Waals surface area contributed by atoms with Gasteiger partial charge in [0.2, 0.25) is 5.91 Å². The maximum atomic E-state index is 12.2. The number of carbonyl (C=O) groups excluding carboxylic acids is 2. The average Bonchev–Trinajstić information content (AvgIpc) is 3.07. The standard InChI is InChI=1S/C24H24N2O5/c1-16(13-22(27)25-12-6-11-23(28)29)14-26-24(30)31-15-21-19-9-4-2-7-17(19)18-8-3-5-10-20(18)21/h2-5,7-10,16,21H,12-15H2,1H3,(H,25,27)(H,26,30)(H,28,29). The van der Waals surface area contributed by atoms with E-state index in [1.807, 2.05) is 37.1 Å². The predicted octanol–water partition coefficient (Wildman–Crippen LogP) is 2.76. The first kappa shape index (κ1) is 21.9. The summed E-state index contributed by atoms with van der Waals surface area (Å²) in [6, 6.07) is 16.2. The fourth-order valence-electron chi connectivity index (χ4n) is 3.63. The molecule has 2 amide bonds. The molecule has 1 aliphatic rings. The van der Waals surface area contributed by atoms with E-state index in [1.165, 1.54) is 11.1 Å². The molecule has 3 rings (SSSR count). The van der Waals surface area contributed by atoms with Crippen LogP contribution in [0.1, 0.15) is 30.4 Å². The van der Waals surface area contributed by atoms with Crippen LogP contribution < -0.4 is 10.6 Å². The fraction of sp³-hybridized carbons (Fsp3) is 0.292. The molecule has 1 aliphatic carbocycles. The SMILES string of the molecule is CC(CNC(=O)OCC1c2ccccc2-c2ccccc21)CC(=O)NCC#CC(=O)O. The molecule has 0 fully saturated rings. The zero-order valence-electron chi connectivity index (χ0n) is 17.2. The first-order valence-corrected chi connectivity index (χ1v) is 10.0. The maximum Gasteiger partial charge on any atom is 0.407 e. The summed E-state index contributed by atoms with van der Waals surface area (Å²) in [5, 5.41) is 13.6. The van der Waals surface area contributed by atoms with Crippen LogP contribution in [0.3, 0.4) is 0 Å². The Labute approximate surface area is 180 Å². The lowest BCUT2D eigenvalue weighted by Gasteiger charge is -2.16. The van der Waals surface area contributed by atoms with Gasteiger partial charge >= 0.3 is 12.1 Å². The monoisotopic (exact) mass is 420 g/mol. The van der Waals surface area contributed by atoms with Crippen molar-refractivity contribution in [2.45, 2.75) is 19.3 Å². The molecule has 0 saturated heterocycles. The molecule has 160 valence electrons. The van der Waals surface area contributed by atoms with Crippen molar-refractivity contribution in [1.82, 2.24) is 10.6 Å². The summed E-state index contributed by atoms with van der Waals surface area (Å²) in [5.41, 5.74) is 4.62. The maximum absolute atomic E-state index is 12.2. The number of hydrogen-bond donors (Lipinski definition) is 3. The highest BCUT2D eigenvalue weighted by Gasteiger charge is 2.29. The number of carbonyl (C=O) groups is 3. The van der Waals surface area contributed by atoms with Gasteiger partial charge in [-0.1, -0.05) is 61.4 Å². The van der Waals surface area contributed by atoms with Gasteiger partial charge in [-0.25, -0.2) is 9.59 Å². The van der Waals surface area contributed by atoms with E-state index in [9.17, 15) is 14.4 Å². The van der Waals surface area contributed by atoms with Crippen LogP contribution in [0.25, 0.3) is 11.1 Å². The topological polar surface area (TPSA) is 105 Å². The van der Waals surface area contributed by atoms with Crippen LogP contribution in [0.2, 0.25) is 0 Å². The first-order chi connectivity index (χ1) is 15.0. The number of nitrogens with one attached hydrogen (secondary N) is 2. The van der Waals surface area contributed by atoms with E-state index >= 15 is 0 Å². The van der Waals surface area contributed by atoms with E-state index in [2.05, 4.69) is 40.8 Å². The molecule has 31 heavy (non-hydrogen) atoms. The lowest BCUT2D eigenvalue weighted by Crippen LogP contribution is -2.33. The van der Waals surface area contributed by atoms with Crippen LogP contribution in [0, 0.1) is 17.8 Å². The number of benzene rings is 2. The van der Waals surface area contributed by atoms with Crippen molar-refractivity contribution in [3.63, 3.8) is 0 Å². The highest BCUT2D eigenvalue weighted by molar-refractivity contribution is 5.86. The van der Waals surface area contributed by atoms with Crippen molar-refractivity contribution in [3.8, 4) is 23.0 Å². The highest BCUT2D eigenvalue weighted by atomic mass is 16.5. The van der Waals surface area contributed by atoms with Crippen molar-refractivity contribution >= 4 is 18.0 Å². The van der Waals surface area contributed by atoms with Gasteiger partial charge in [0.1, 0.15) is 6.61 Å². The van der Waals surface area contributed by atoms with Crippen LogP contribution in [0.5, 0.6) is 0 Å². The van der Waals surface area contributed by atoms with Gasteiger partial charge in [-0.05, 0) is 28.2 Å². The molecule has 1 unspecified atom stereocenters. The van der Waals surface area contributed by atoms with Gasteiger partial charge in [-0.15, -0.1) is 0 Å². The Balaban J connectivity index is 1.44. The molecular formula is C24H24N2O5. The van der Waals surface area contributed by atoms with Crippen LogP contribution in [-0.2, 0) is 14.3 Å². The molecule has 0 heterocycles. The Morgan fingerprint density at radius 1 is 1.03 bits per heavy atom. The normalized spacial score (nSPS) is 12.5. The second-order valence-electron chi connectivity index (χ2n) is 7.40. The minimum absolute atomic E-state index is 0.00624. The average molecular weight is 420 g/mol. The first-order valence-electron chi connectivity index (χ1n) is 10.0. The van der Waals surface area contributed by atoms with Crippen molar-refractivity contribution < 1.29 is 24.2 Å². The lowest BCUT2D eigenvalue weighted by molar-refractivity contribution is -0.130. The molecule has 7 heteroatoms. The summed E-state index contributed by atoms with van der Waals surface area (Å²) >= 11 is 0. The van der Waals surface area contributed by atoms with Crippen LogP contribution >= 0.6 is 0 Å². The third-order valence-electron chi connectivity index (χ3n) is 5.04. The second-order valence-corrected chi connectivity index (χ2v) is 7.40. The molecule has 7 nitrogen and oxygen atoms in total. The number of fused-ring (bicyclic) bond motifs is 3. The lowest BCUT2D eigenvalue weighted by atomic mass is 9.98. The van der Waals surface area contributed by atoms with Crippen molar-refractivity contribution in [3.05, 3.63) is 59.7 Å². The summed E-state index contributed by atoms with van der Waals surface area (Å²) in [7, 11) is 0. The van der Waals surface area contributed by atoms with Crippen LogP contribution in [0.4, 0.5) is 4.79 Å². The zero-order valence-corrected chi connectivity index (χ0v) is 17.2. The van der Waals surface area contributed by atoms with Crippen molar-refractivity contribution in [1.29, 1.82) is 0 Å². The van der Waals surface area contributed by atoms with Gasteiger partial charge in [0, 0.05) is 24.8 Å².